The molecule has 10 nitrogen and oxygen atoms in total. The summed E-state index contributed by atoms with van der Waals surface area (Å²) in [6.07, 6.45) is 1.59. The summed E-state index contributed by atoms with van der Waals surface area (Å²) in [6, 6.07) is -1.46. The van der Waals surface area contributed by atoms with Crippen LogP contribution >= 0.6 is 0 Å². The van der Waals surface area contributed by atoms with Crippen molar-refractivity contribution in [3.8, 4) is 0 Å². The molecule has 0 aliphatic carbocycles. The van der Waals surface area contributed by atoms with Crippen LogP contribution in [-0.4, -0.2) is 65.2 Å². The van der Waals surface area contributed by atoms with Crippen LogP contribution in [0, 0.1) is 10.8 Å². The van der Waals surface area contributed by atoms with E-state index < -0.39 is 46.5 Å². The Kier molecular flexibility index (Phi) is 9.30. The van der Waals surface area contributed by atoms with Gasteiger partial charge in [0.2, 0.25) is 23.6 Å². The Morgan fingerprint density at radius 2 is 0.704 bits per heavy atom. The van der Waals surface area contributed by atoms with Crippen LogP contribution in [-0.2, 0) is 19.2 Å². The summed E-state index contributed by atoms with van der Waals surface area (Å²) in [5, 5.41) is 8.37. The number of carbonyl (C=O) groups is 6. The van der Waals surface area contributed by atoms with Crippen LogP contribution in [0.1, 0.15) is 53.4 Å². The van der Waals surface area contributed by atoms with Crippen molar-refractivity contribution >= 4 is 65.2 Å². The zero-order valence-corrected chi connectivity index (χ0v) is 18.3. The largest absolute Gasteiger partial charge is 0.328 e. The summed E-state index contributed by atoms with van der Waals surface area (Å²) in [5.74, 6) is -1.98. The summed E-state index contributed by atoms with van der Waals surface area (Å²) >= 11 is 0. The van der Waals surface area contributed by atoms with Crippen molar-refractivity contribution < 1.29 is 28.8 Å². The fraction of sp³-hybridized carbons (Fsp3) is 0.625. The van der Waals surface area contributed by atoms with Crippen LogP contribution in [0.25, 0.3) is 0 Å². The number of carbonyl (C=O) groups excluding carboxylic acids is 6. The van der Waals surface area contributed by atoms with Gasteiger partial charge in [-0.3, -0.25) is 40.4 Å². The van der Waals surface area contributed by atoms with Crippen molar-refractivity contribution in [2.45, 2.75) is 53.4 Å². The number of hydrogen-bond acceptors (Lipinski definition) is 6. The Morgan fingerprint density at radius 1 is 0.519 bits per heavy atom. The molecule has 0 atom stereocenters. The Bertz CT molecular complexity index is 555. The van der Waals surface area contributed by atoms with Gasteiger partial charge in [0, 0.05) is 29.6 Å². The van der Waals surface area contributed by atoms with Crippen LogP contribution in [0.4, 0.5) is 9.59 Å². The maximum Gasteiger partial charge on any atom is 0.328 e. The van der Waals surface area contributed by atoms with E-state index in [4.69, 9.17) is 0 Å². The molecule has 2 rings (SSSR count). The van der Waals surface area contributed by atoms with Crippen molar-refractivity contribution in [3.05, 3.63) is 0 Å². The normalized spacial score (nSPS) is 20.1. The van der Waals surface area contributed by atoms with Crippen LogP contribution in [0.15, 0.2) is 0 Å². The second kappa shape index (κ2) is 9.95. The van der Waals surface area contributed by atoms with Crippen LogP contribution < -0.4 is 21.3 Å². The molecule has 0 saturated carbocycles. The molecular formula is C16H24N4NaO6. The van der Waals surface area contributed by atoms with Gasteiger partial charge in [0.25, 0.3) is 0 Å². The third-order valence-electron chi connectivity index (χ3n) is 5.06. The van der Waals surface area contributed by atoms with E-state index in [-0.39, 0.29) is 29.6 Å². The van der Waals surface area contributed by atoms with Crippen molar-refractivity contribution in [2.24, 2.45) is 10.8 Å². The zero-order chi connectivity index (χ0) is 20.1. The second-order valence-corrected chi connectivity index (χ2v) is 6.05. The van der Waals surface area contributed by atoms with E-state index in [2.05, 4.69) is 21.3 Å². The fourth-order valence-corrected chi connectivity index (χ4v) is 2.94. The van der Waals surface area contributed by atoms with Gasteiger partial charge in [-0.15, -0.1) is 0 Å². The molecule has 145 valence electrons. The second-order valence-electron chi connectivity index (χ2n) is 6.05. The van der Waals surface area contributed by atoms with Crippen molar-refractivity contribution in [3.63, 3.8) is 0 Å². The number of rotatable bonds is 4. The van der Waals surface area contributed by atoms with E-state index in [1.165, 1.54) is 0 Å². The average molecular weight is 391 g/mol. The fourth-order valence-electron chi connectivity index (χ4n) is 2.94. The molecule has 0 unspecified atom stereocenters. The zero-order valence-electron chi connectivity index (χ0n) is 16.3. The molecule has 0 aromatic rings. The molecule has 0 bridgehead atoms. The molecule has 2 aliphatic heterocycles. The van der Waals surface area contributed by atoms with Gasteiger partial charge in [-0.05, 0) is 25.7 Å². The quantitative estimate of drug-likeness (QED) is 0.389. The summed E-state index contributed by atoms with van der Waals surface area (Å²) in [5.41, 5.74) is -2.12. The average Bonchev–Trinajstić information content (AvgIpc) is 2.56. The predicted molar refractivity (Wildman–Crippen MR) is 95.1 cm³/mol. The Balaban J connectivity index is 0.000000483. The third-order valence-corrected chi connectivity index (χ3v) is 5.06. The van der Waals surface area contributed by atoms with Crippen LogP contribution in [0.2, 0.25) is 0 Å². The third kappa shape index (κ3) is 4.74. The first-order chi connectivity index (χ1) is 12.1. The minimum atomic E-state index is -1.06. The molecule has 2 saturated heterocycles. The number of imide groups is 4. The number of amides is 8. The van der Waals surface area contributed by atoms with E-state index >= 15 is 0 Å². The van der Waals surface area contributed by atoms with Gasteiger partial charge >= 0.3 is 12.1 Å². The van der Waals surface area contributed by atoms with E-state index in [9.17, 15) is 28.8 Å². The number of nitrogens with one attached hydrogen (secondary N) is 4. The van der Waals surface area contributed by atoms with Crippen molar-refractivity contribution in [1.29, 1.82) is 0 Å². The molecule has 1 radical (unpaired) electrons. The van der Waals surface area contributed by atoms with E-state index in [0.29, 0.717) is 25.7 Å². The van der Waals surface area contributed by atoms with Crippen molar-refractivity contribution in [1.82, 2.24) is 21.3 Å². The number of urea groups is 2. The molecule has 0 spiro atoms. The molecule has 11 heteroatoms. The molecule has 2 aliphatic rings. The SMILES string of the molecule is CCC1(CC)C(=O)NC(=O)NC1=O.CCC1(CC)C(=O)NC(=O)NC1=O.[Na]. The van der Waals surface area contributed by atoms with Gasteiger partial charge in [-0.25, -0.2) is 9.59 Å². The van der Waals surface area contributed by atoms with Crippen molar-refractivity contribution in [2.75, 3.05) is 0 Å². The Morgan fingerprint density at radius 3 is 0.852 bits per heavy atom. The van der Waals surface area contributed by atoms with Gasteiger partial charge in [0.1, 0.15) is 10.8 Å². The maximum atomic E-state index is 11.4. The first-order valence-electron chi connectivity index (χ1n) is 8.47. The van der Waals surface area contributed by atoms with E-state index in [1.807, 2.05) is 0 Å². The van der Waals surface area contributed by atoms with Gasteiger partial charge < -0.3 is 0 Å². The van der Waals surface area contributed by atoms with Crippen LogP contribution in [0.3, 0.4) is 0 Å². The van der Waals surface area contributed by atoms with Gasteiger partial charge in [0.15, 0.2) is 0 Å². The molecule has 8 amide bonds. The number of barbiturate groups is 2. The molecule has 0 aromatic carbocycles. The summed E-state index contributed by atoms with van der Waals surface area (Å²) in [6.45, 7) is 6.99. The first-order valence-corrected chi connectivity index (χ1v) is 8.47. The Labute approximate surface area is 179 Å². The predicted octanol–water partition coefficient (Wildman–Crippen LogP) is -0.0632. The van der Waals surface area contributed by atoms with Gasteiger partial charge in [0.05, 0.1) is 0 Å². The standard InChI is InChI=1S/2C8H12N2O3.Na/c2*1-3-8(4-2)5(11)9-7(13)10-6(8)12;/h2*3-4H2,1-2H3,(H2,9,10,11,12,13);. The molecule has 2 fully saturated rings. The molecule has 27 heavy (non-hydrogen) atoms. The summed E-state index contributed by atoms with van der Waals surface area (Å²) in [7, 11) is 0. The molecule has 0 aromatic heterocycles. The van der Waals surface area contributed by atoms with Crippen LogP contribution in [0.5, 0.6) is 0 Å². The summed E-state index contributed by atoms with van der Waals surface area (Å²) in [4.78, 5) is 67.1. The first kappa shape index (κ1) is 25.2. The number of hydrogen-bond donors (Lipinski definition) is 4. The van der Waals surface area contributed by atoms with Gasteiger partial charge in [-0.2, -0.15) is 0 Å². The topological polar surface area (TPSA) is 151 Å². The smallest absolute Gasteiger partial charge is 0.277 e. The molecule has 4 N–H and O–H groups in total. The molecule has 2 heterocycles. The minimum absolute atomic E-state index is 0. The minimum Gasteiger partial charge on any atom is -0.277 e. The van der Waals surface area contributed by atoms with E-state index in [1.54, 1.807) is 27.7 Å². The Hall–Kier alpha value is -1.78. The molecular weight excluding hydrogens is 367 g/mol. The summed E-state index contributed by atoms with van der Waals surface area (Å²) < 4.78 is 0. The monoisotopic (exact) mass is 391 g/mol. The maximum absolute atomic E-state index is 11.4. The van der Waals surface area contributed by atoms with E-state index in [0.717, 1.165) is 0 Å². The van der Waals surface area contributed by atoms with Gasteiger partial charge in [-0.1, -0.05) is 27.7 Å².